The van der Waals surface area contributed by atoms with E-state index in [-0.39, 0.29) is 24.5 Å². The number of rotatable bonds is 10. The fourth-order valence-electron chi connectivity index (χ4n) is 4.25. The molecule has 1 fully saturated rings. The molecule has 5 nitrogen and oxygen atoms in total. The highest BCUT2D eigenvalue weighted by Gasteiger charge is 2.30. The lowest BCUT2D eigenvalue weighted by molar-refractivity contribution is -0.143. The van der Waals surface area contributed by atoms with Crippen LogP contribution in [0.25, 0.3) is 0 Å². The van der Waals surface area contributed by atoms with Gasteiger partial charge >= 0.3 is 0 Å². The Hall–Kier alpha value is -2.53. The van der Waals surface area contributed by atoms with Crippen LogP contribution in [0.4, 0.5) is 0 Å². The fourth-order valence-corrected chi connectivity index (χ4v) is 4.38. The van der Waals surface area contributed by atoms with Crippen molar-refractivity contribution in [3.63, 3.8) is 0 Å². The van der Waals surface area contributed by atoms with Crippen molar-refractivity contribution in [2.24, 2.45) is 0 Å². The third-order valence-electron chi connectivity index (χ3n) is 6.26. The van der Waals surface area contributed by atoms with Crippen LogP contribution < -0.4 is 10.1 Å². The van der Waals surface area contributed by atoms with Crippen LogP contribution in [0.15, 0.2) is 48.5 Å². The number of nitrogens with one attached hydrogen (secondary N) is 1. The number of nitrogens with zero attached hydrogens (tertiary/aromatic N) is 1. The molecule has 0 radical (unpaired) electrons. The molecule has 2 aromatic rings. The number of hydrogen-bond donors (Lipinski definition) is 1. The average molecular weight is 471 g/mol. The maximum atomic E-state index is 13.3. The molecule has 1 saturated carbocycles. The summed E-state index contributed by atoms with van der Waals surface area (Å²) >= 11 is 6.03. The summed E-state index contributed by atoms with van der Waals surface area (Å²) in [5, 5.41) is 3.79. The predicted octanol–water partition coefficient (Wildman–Crippen LogP) is 5.71. The molecule has 178 valence electrons. The Labute approximate surface area is 202 Å². The molecule has 1 aliphatic carbocycles. The Bertz CT molecular complexity index is 906. The number of amides is 2. The summed E-state index contributed by atoms with van der Waals surface area (Å²) in [7, 11) is 0. The summed E-state index contributed by atoms with van der Waals surface area (Å²) in [5.74, 6) is 0.765. The van der Waals surface area contributed by atoms with E-state index < -0.39 is 6.04 Å². The number of carbonyl (C=O) groups excluding carboxylic acids is 2. The van der Waals surface area contributed by atoms with Crippen LogP contribution in [-0.4, -0.2) is 35.4 Å². The van der Waals surface area contributed by atoms with Crippen LogP contribution in [0.3, 0.4) is 0 Å². The van der Waals surface area contributed by atoms with Crippen molar-refractivity contribution in [2.45, 2.75) is 77.4 Å². The molecule has 0 aromatic heterocycles. The van der Waals surface area contributed by atoms with Crippen molar-refractivity contribution in [3.05, 3.63) is 64.7 Å². The van der Waals surface area contributed by atoms with Gasteiger partial charge in [-0.25, -0.2) is 0 Å². The van der Waals surface area contributed by atoms with Gasteiger partial charge in [0.15, 0.2) is 6.61 Å². The topological polar surface area (TPSA) is 58.6 Å². The van der Waals surface area contributed by atoms with E-state index in [9.17, 15) is 9.59 Å². The zero-order chi connectivity index (χ0) is 23.8. The zero-order valence-electron chi connectivity index (χ0n) is 19.9. The summed E-state index contributed by atoms with van der Waals surface area (Å²) < 4.78 is 5.80. The van der Waals surface area contributed by atoms with Gasteiger partial charge in [-0.3, -0.25) is 9.59 Å². The summed E-state index contributed by atoms with van der Waals surface area (Å²) in [4.78, 5) is 28.1. The maximum absolute atomic E-state index is 13.3. The number of hydrogen-bond acceptors (Lipinski definition) is 3. The smallest absolute Gasteiger partial charge is 0.261 e. The highest BCUT2D eigenvalue weighted by molar-refractivity contribution is 6.30. The summed E-state index contributed by atoms with van der Waals surface area (Å²) in [6.07, 6.45) is 4.81. The lowest BCUT2D eigenvalue weighted by atomic mass is 10.0. The highest BCUT2D eigenvalue weighted by atomic mass is 35.5. The third-order valence-corrected chi connectivity index (χ3v) is 6.51. The molecule has 6 heteroatoms. The molecule has 2 aromatic carbocycles. The maximum Gasteiger partial charge on any atom is 0.261 e. The van der Waals surface area contributed by atoms with Gasteiger partial charge in [-0.2, -0.15) is 0 Å². The van der Waals surface area contributed by atoms with Crippen LogP contribution in [0.1, 0.15) is 69.9 Å². The minimum absolute atomic E-state index is 0.0898. The summed E-state index contributed by atoms with van der Waals surface area (Å²) in [5.41, 5.74) is 2.13. The molecule has 0 aliphatic heterocycles. The molecule has 1 aliphatic rings. The predicted molar refractivity (Wildman–Crippen MR) is 133 cm³/mol. The summed E-state index contributed by atoms with van der Waals surface area (Å²) in [6, 6.07) is 14.8. The first-order valence-corrected chi connectivity index (χ1v) is 12.3. The first-order valence-electron chi connectivity index (χ1n) is 11.9. The van der Waals surface area contributed by atoms with Crippen LogP contribution >= 0.6 is 11.6 Å². The normalized spacial score (nSPS) is 14.8. The molecule has 0 spiro atoms. The van der Waals surface area contributed by atoms with Gasteiger partial charge in [-0.05, 0) is 60.6 Å². The van der Waals surface area contributed by atoms with E-state index in [0.717, 1.165) is 31.2 Å². The molecule has 0 saturated heterocycles. The molecule has 33 heavy (non-hydrogen) atoms. The number of benzene rings is 2. The minimum atomic E-state index is -0.555. The van der Waals surface area contributed by atoms with Crippen molar-refractivity contribution in [2.75, 3.05) is 6.61 Å². The van der Waals surface area contributed by atoms with Crippen LogP contribution in [0.5, 0.6) is 5.75 Å². The van der Waals surface area contributed by atoms with E-state index >= 15 is 0 Å². The van der Waals surface area contributed by atoms with E-state index in [0.29, 0.717) is 29.7 Å². The standard InChI is InChI=1S/C27H35ClN2O3/c1-4-25(27(32)29-23-7-5-6-8-23)30(17-20-9-13-22(28)14-10-20)26(31)18-33-24-15-11-21(12-16-24)19(2)3/h9-16,19,23,25H,4-8,17-18H2,1-3H3,(H,29,32)/t25-/m0/s1. The Morgan fingerprint density at radius 2 is 1.70 bits per heavy atom. The van der Waals surface area contributed by atoms with Crippen molar-refractivity contribution >= 4 is 23.4 Å². The molecule has 1 N–H and O–H groups in total. The van der Waals surface area contributed by atoms with Gasteiger partial charge in [-0.15, -0.1) is 0 Å². The Morgan fingerprint density at radius 3 is 2.27 bits per heavy atom. The molecular formula is C27H35ClN2O3. The SMILES string of the molecule is CC[C@@H](C(=O)NC1CCCC1)N(Cc1ccc(Cl)cc1)C(=O)COc1ccc(C(C)C)cc1. The second-order valence-corrected chi connectivity index (χ2v) is 9.51. The Kier molecular flexibility index (Phi) is 9.19. The Morgan fingerprint density at radius 1 is 1.06 bits per heavy atom. The monoisotopic (exact) mass is 470 g/mol. The molecule has 0 heterocycles. The van der Waals surface area contributed by atoms with Gasteiger partial charge in [0, 0.05) is 17.6 Å². The van der Waals surface area contributed by atoms with Crippen molar-refractivity contribution < 1.29 is 14.3 Å². The fraction of sp³-hybridized carbons (Fsp3) is 0.481. The third kappa shape index (κ3) is 7.23. The highest BCUT2D eigenvalue weighted by Crippen LogP contribution is 2.21. The second kappa shape index (κ2) is 12.1. The van der Waals surface area contributed by atoms with Crippen molar-refractivity contribution in [1.29, 1.82) is 0 Å². The zero-order valence-corrected chi connectivity index (χ0v) is 20.6. The average Bonchev–Trinajstić information content (AvgIpc) is 3.32. The van der Waals surface area contributed by atoms with Gasteiger partial charge in [0.25, 0.3) is 5.91 Å². The van der Waals surface area contributed by atoms with E-state index in [1.54, 1.807) is 17.0 Å². The van der Waals surface area contributed by atoms with Crippen LogP contribution in [0.2, 0.25) is 5.02 Å². The van der Waals surface area contributed by atoms with E-state index in [1.807, 2.05) is 43.3 Å². The van der Waals surface area contributed by atoms with E-state index in [4.69, 9.17) is 16.3 Å². The van der Waals surface area contributed by atoms with Gasteiger partial charge in [0.1, 0.15) is 11.8 Å². The molecule has 0 bridgehead atoms. The van der Waals surface area contributed by atoms with Crippen LogP contribution in [0, 0.1) is 0 Å². The molecule has 0 unspecified atom stereocenters. The van der Waals surface area contributed by atoms with Crippen molar-refractivity contribution in [3.8, 4) is 5.75 Å². The Balaban J connectivity index is 1.73. The first-order chi connectivity index (χ1) is 15.9. The number of ether oxygens (including phenoxy) is 1. The number of carbonyl (C=O) groups is 2. The molecule has 3 rings (SSSR count). The first kappa shape index (κ1) is 25.1. The lowest BCUT2D eigenvalue weighted by Gasteiger charge is -2.31. The van der Waals surface area contributed by atoms with Gasteiger partial charge < -0.3 is 15.0 Å². The molecule has 1 atom stereocenters. The van der Waals surface area contributed by atoms with E-state index in [1.165, 1.54) is 5.56 Å². The van der Waals surface area contributed by atoms with Gasteiger partial charge in [0.05, 0.1) is 0 Å². The quantitative estimate of drug-likeness (QED) is 0.484. The van der Waals surface area contributed by atoms with Crippen molar-refractivity contribution in [1.82, 2.24) is 10.2 Å². The van der Waals surface area contributed by atoms with Gasteiger partial charge in [-0.1, -0.05) is 69.5 Å². The van der Waals surface area contributed by atoms with E-state index in [2.05, 4.69) is 19.2 Å². The summed E-state index contributed by atoms with van der Waals surface area (Å²) in [6.45, 7) is 6.40. The van der Waals surface area contributed by atoms with Gasteiger partial charge in [0.2, 0.25) is 5.91 Å². The van der Waals surface area contributed by atoms with Crippen LogP contribution in [-0.2, 0) is 16.1 Å². The second-order valence-electron chi connectivity index (χ2n) is 9.07. The molecular weight excluding hydrogens is 436 g/mol. The number of halogens is 1. The molecule has 2 amide bonds. The lowest BCUT2D eigenvalue weighted by Crippen LogP contribution is -2.52. The minimum Gasteiger partial charge on any atom is -0.484 e. The largest absolute Gasteiger partial charge is 0.484 e.